The molecular weight excluding hydrogens is 271 g/mol. The summed E-state index contributed by atoms with van der Waals surface area (Å²) >= 11 is 12.1. The average molecular weight is 289 g/mol. The van der Waals surface area contributed by atoms with E-state index in [0.29, 0.717) is 21.4 Å². The van der Waals surface area contributed by atoms with Gasteiger partial charge in [0.05, 0.1) is 17.7 Å². The van der Waals surface area contributed by atoms with Crippen molar-refractivity contribution in [3.05, 3.63) is 27.7 Å². The van der Waals surface area contributed by atoms with Crippen molar-refractivity contribution in [3.8, 4) is 5.75 Å². The lowest BCUT2D eigenvalue weighted by molar-refractivity contribution is 0.176. The summed E-state index contributed by atoms with van der Waals surface area (Å²) in [4.78, 5) is 0. The second-order valence-corrected chi connectivity index (χ2v) is 5.61. The molecule has 0 aromatic heterocycles. The number of aliphatic hydroxyl groups is 1. The van der Waals surface area contributed by atoms with Crippen LogP contribution >= 0.6 is 23.2 Å². The highest BCUT2D eigenvalue weighted by Gasteiger charge is 2.18. The van der Waals surface area contributed by atoms with Gasteiger partial charge in [-0.1, -0.05) is 36.0 Å². The maximum Gasteiger partial charge on any atom is 0.143 e. The number of benzene rings is 1. The van der Waals surface area contributed by atoms with Gasteiger partial charge in [0.1, 0.15) is 5.75 Å². The predicted octanol–water partition coefficient (Wildman–Crippen LogP) is 4.59. The Morgan fingerprint density at radius 2 is 1.78 bits per heavy atom. The lowest BCUT2D eigenvalue weighted by atomic mass is 10.1. The molecule has 0 atom stereocenters. The monoisotopic (exact) mass is 288 g/mol. The van der Waals surface area contributed by atoms with E-state index in [-0.39, 0.29) is 12.7 Å². The van der Waals surface area contributed by atoms with Gasteiger partial charge in [-0.3, -0.25) is 0 Å². The third kappa shape index (κ3) is 3.53. The van der Waals surface area contributed by atoms with Gasteiger partial charge < -0.3 is 9.84 Å². The van der Waals surface area contributed by atoms with Gasteiger partial charge in [0.25, 0.3) is 0 Å². The molecule has 1 fully saturated rings. The normalized spacial score (nSPS) is 17.5. The fourth-order valence-electron chi connectivity index (χ4n) is 2.39. The minimum atomic E-state index is -0.109. The van der Waals surface area contributed by atoms with Crippen molar-refractivity contribution >= 4 is 23.2 Å². The Hall–Kier alpha value is -0.440. The predicted molar refractivity (Wildman–Crippen MR) is 74.5 cm³/mol. The number of halogens is 2. The standard InChI is InChI=1S/C14H18Cl2O2/c15-11-7-10(9-17)14(13(16)8-11)18-12-5-3-1-2-4-6-12/h7-8,12,17H,1-6,9H2. The van der Waals surface area contributed by atoms with E-state index in [1.165, 1.54) is 25.7 Å². The first kappa shape index (κ1) is 14.0. The van der Waals surface area contributed by atoms with E-state index in [4.69, 9.17) is 27.9 Å². The topological polar surface area (TPSA) is 29.5 Å². The summed E-state index contributed by atoms with van der Waals surface area (Å²) in [6, 6.07) is 3.37. The Kier molecular flexibility index (Phi) is 5.16. The molecule has 4 heteroatoms. The molecule has 0 spiro atoms. The Morgan fingerprint density at radius 3 is 2.39 bits per heavy atom. The Bertz CT molecular complexity index is 399. The lowest BCUT2D eigenvalue weighted by Crippen LogP contribution is -2.16. The molecule has 2 nitrogen and oxygen atoms in total. The number of hydrogen-bond donors (Lipinski definition) is 1. The highest BCUT2D eigenvalue weighted by atomic mass is 35.5. The van der Waals surface area contributed by atoms with E-state index in [1.54, 1.807) is 12.1 Å². The SMILES string of the molecule is OCc1cc(Cl)cc(Cl)c1OC1CCCCCC1. The van der Waals surface area contributed by atoms with Crippen molar-refractivity contribution in [3.63, 3.8) is 0 Å². The molecule has 0 bridgehead atoms. The van der Waals surface area contributed by atoms with Crippen LogP contribution in [0.4, 0.5) is 0 Å². The molecule has 0 heterocycles. The van der Waals surface area contributed by atoms with Crippen LogP contribution in [0.5, 0.6) is 5.75 Å². The minimum absolute atomic E-state index is 0.109. The van der Waals surface area contributed by atoms with Crippen molar-refractivity contribution < 1.29 is 9.84 Å². The number of ether oxygens (including phenoxy) is 1. The fourth-order valence-corrected chi connectivity index (χ4v) is 2.97. The lowest BCUT2D eigenvalue weighted by Gasteiger charge is -2.20. The molecule has 1 saturated carbocycles. The van der Waals surface area contributed by atoms with Crippen LogP contribution in [0.1, 0.15) is 44.1 Å². The zero-order valence-electron chi connectivity index (χ0n) is 10.3. The van der Waals surface area contributed by atoms with Gasteiger partial charge in [0, 0.05) is 10.6 Å². The van der Waals surface area contributed by atoms with Crippen molar-refractivity contribution in [2.24, 2.45) is 0 Å². The molecule has 2 rings (SSSR count). The molecule has 0 amide bonds. The largest absolute Gasteiger partial charge is 0.488 e. The zero-order chi connectivity index (χ0) is 13.0. The quantitative estimate of drug-likeness (QED) is 0.825. The smallest absolute Gasteiger partial charge is 0.143 e. The Morgan fingerprint density at radius 1 is 1.11 bits per heavy atom. The number of hydrogen-bond acceptors (Lipinski definition) is 2. The van der Waals surface area contributed by atoms with Crippen LogP contribution < -0.4 is 4.74 Å². The van der Waals surface area contributed by atoms with E-state index < -0.39 is 0 Å². The van der Waals surface area contributed by atoms with E-state index in [9.17, 15) is 5.11 Å². The van der Waals surface area contributed by atoms with Crippen LogP contribution in [-0.2, 0) is 6.61 Å². The van der Waals surface area contributed by atoms with Crippen LogP contribution in [0.25, 0.3) is 0 Å². The van der Waals surface area contributed by atoms with Gasteiger partial charge in [0.15, 0.2) is 0 Å². The van der Waals surface area contributed by atoms with Crippen molar-refractivity contribution in [2.45, 2.75) is 51.2 Å². The molecule has 0 saturated heterocycles. The first-order chi connectivity index (χ1) is 8.70. The van der Waals surface area contributed by atoms with Gasteiger partial charge in [-0.05, 0) is 37.8 Å². The Balaban J connectivity index is 2.16. The van der Waals surface area contributed by atoms with E-state index in [1.807, 2.05) is 0 Å². The van der Waals surface area contributed by atoms with Crippen LogP contribution in [0, 0.1) is 0 Å². The molecule has 1 N–H and O–H groups in total. The number of rotatable bonds is 3. The Labute approximate surface area is 118 Å². The molecule has 0 aliphatic heterocycles. The van der Waals surface area contributed by atoms with Crippen LogP contribution in [-0.4, -0.2) is 11.2 Å². The maximum atomic E-state index is 9.36. The first-order valence-electron chi connectivity index (χ1n) is 6.46. The maximum absolute atomic E-state index is 9.36. The third-order valence-corrected chi connectivity index (χ3v) is 3.84. The summed E-state index contributed by atoms with van der Waals surface area (Å²) in [5.41, 5.74) is 0.664. The molecule has 18 heavy (non-hydrogen) atoms. The van der Waals surface area contributed by atoms with Gasteiger partial charge in [0.2, 0.25) is 0 Å². The molecule has 0 unspecified atom stereocenters. The second kappa shape index (κ2) is 6.65. The summed E-state index contributed by atoms with van der Waals surface area (Å²) in [6.07, 6.45) is 7.28. The molecule has 1 aromatic carbocycles. The van der Waals surface area contributed by atoms with Gasteiger partial charge >= 0.3 is 0 Å². The summed E-state index contributed by atoms with van der Waals surface area (Å²) < 4.78 is 5.99. The molecule has 100 valence electrons. The van der Waals surface area contributed by atoms with Crippen molar-refractivity contribution in [1.29, 1.82) is 0 Å². The van der Waals surface area contributed by atoms with Gasteiger partial charge in [-0.15, -0.1) is 0 Å². The molecular formula is C14H18Cl2O2. The zero-order valence-corrected chi connectivity index (χ0v) is 11.8. The van der Waals surface area contributed by atoms with E-state index >= 15 is 0 Å². The summed E-state index contributed by atoms with van der Waals surface area (Å²) in [6.45, 7) is -0.109. The van der Waals surface area contributed by atoms with Gasteiger partial charge in [-0.2, -0.15) is 0 Å². The third-order valence-electron chi connectivity index (χ3n) is 3.34. The average Bonchev–Trinajstić information content (AvgIpc) is 2.60. The molecule has 0 radical (unpaired) electrons. The summed E-state index contributed by atoms with van der Waals surface area (Å²) in [7, 11) is 0. The van der Waals surface area contributed by atoms with Crippen LogP contribution in [0.3, 0.4) is 0 Å². The molecule has 1 aromatic rings. The van der Waals surface area contributed by atoms with Crippen LogP contribution in [0.15, 0.2) is 12.1 Å². The molecule has 1 aliphatic rings. The van der Waals surface area contributed by atoms with E-state index in [0.717, 1.165) is 12.8 Å². The van der Waals surface area contributed by atoms with Crippen molar-refractivity contribution in [2.75, 3.05) is 0 Å². The number of aliphatic hydroxyl groups excluding tert-OH is 1. The van der Waals surface area contributed by atoms with Crippen LogP contribution in [0.2, 0.25) is 10.0 Å². The first-order valence-corrected chi connectivity index (χ1v) is 7.21. The fraction of sp³-hybridized carbons (Fsp3) is 0.571. The van der Waals surface area contributed by atoms with Gasteiger partial charge in [-0.25, -0.2) is 0 Å². The van der Waals surface area contributed by atoms with E-state index in [2.05, 4.69) is 0 Å². The minimum Gasteiger partial charge on any atom is -0.488 e. The summed E-state index contributed by atoms with van der Waals surface area (Å²) in [5.74, 6) is 0.593. The molecule has 1 aliphatic carbocycles. The summed E-state index contributed by atoms with van der Waals surface area (Å²) in [5, 5.41) is 10.4. The van der Waals surface area contributed by atoms with Crippen molar-refractivity contribution in [1.82, 2.24) is 0 Å². The highest BCUT2D eigenvalue weighted by Crippen LogP contribution is 2.34. The second-order valence-electron chi connectivity index (χ2n) is 4.77. The highest BCUT2D eigenvalue weighted by molar-refractivity contribution is 6.35.